The fraction of sp³-hybridized carbons (Fsp3) is 0.462. The van der Waals surface area contributed by atoms with Gasteiger partial charge in [-0.2, -0.15) is 5.26 Å². The molecule has 19 heavy (non-hydrogen) atoms. The van der Waals surface area contributed by atoms with E-state index < -0.39 is 0 Å². The third-order valence-electron chi connectivity index (χ3n) is 3.07. The number of anilines is 1. The molecule has 0 spiro atoms. The number of pyridine rings is 1. The van der Waals surface area contributed by atoms with Gasteiger partial charge < -0.3 is 9.64 Å². The molecule has 2 rings (SSSR count). The molecule has 0 bridgehead atoms. The van der Waals surface area contributed by atoms with Gasteiger partial charge in [0.2, 0.25) is 0 Å². The molecule has 0 aromatic carbocycles. The van der Waals surface area contributed by atoms with Crippen LogP contribution in [0, 0.1) is 11.3 Å². The standard InChI is InChI=1S/C13H14ClN3O2/c1-2-19-13(18)10-4-3-7-17(10)12-11(14)9(8-15)5-6-16-12/h5-6,10H,2-4,7H2,1H3. The minimum absolute atomic E-state index is 0.264. The van der Waals surface area contributed by atoms with Gasteiger partial charge in [0, 0.05) is 12.7 Å². The summed E-state index contributed by atoms with van der Waals surface area (Å²) in [6.07, 6.45) is 3.12. The first kappa shape index (κ1) is 13.6. The highest BCUT2D eigenvalue weighted by molar-refractivity contribution is 6.34. The van der Waals surface area contributed by atoms with Crippen LogP contribution in [0.2, 0.25) is 5.02 Å². The number of hydrogen-bond donors (Lipinski definition) is 0. The summed E-state index contributed by atoms with van der Waals surface area (Å²) in [7, 11) is 0. The lowest BCUT2D eigenvalue weighted by Gasteiger charge is -2.24. The lowest BCUT2D eigenvalue weighted by Crippen LogP contribution is -2.38. The Morgan fingerprint density at radius 2 is 2.53 bits per heavy atom. The number of esters is 1. The molecule has 1 aliphatic rings. The summed E-state index contributed by atoms with van der Waals surface area (Å²) in [6.45, 7) is 2.81. The molecule has 1 saturated heterocycles. The molecule has 1 aromatic rings. The number of nitrogens with zero attached hydrogens (tertiary/aromatic N) is 3. The highest BCUT2D eigenvalue weighted by Crippen LogP contribution is 2.32. The molecule has 5 nitrogen and oxygen atoms in total. The zero-order valence-electron chi connectivity index (χ0n) is 10.6. The lowest BCUT2D eigenvalue weighted by atomic mass is 10.2. The Kier molecular flexibility index (Phi) is 4.23. The molecule has 1 atom stereocenters. The number of rotatable bonds is 3. The number of halogens is 1. The fourth-order valence-corrected chi connectivity index (χ4v) is 2.49. The first-order valence-corrected chi connectivity index (χ1v) is 6.54. The van der Waals surface area contributed by atoms with E-state index in [1.165, 1.54) is 6.20 Å². The molecule has 0 radical (unpaired) electrons. The summed E-state index contributed by atoms with van der Waals surface area (Å²) in [5, 5.41) is 9.27. The first-order chi connectivity index (χ1) is 9.19. The van der Waals surface area contributed by atoms with Crippen LogP contribution < -0.4 is 4.90 Å². The molecule has 1 unspecified atom stereocenters. The number of hydrogen-bond acceptors (Lipinski definition) is 5. The number of carbonyl (C=O) groups excluding carboxylic acids is 1. The molecule has 0 amide bonds. The van der Waals surface area contributed by atoms with Gasteiger partial charge in [-0.05, 0) is 25.8 Å². The van der Waals surface area contributed by atoms with Crippen LogP contribution in [0.15, 0.2) is 12.3 Å². The minimum atomic E-state index is -0.362. The fourth-order valence-electron chi connectivity index (χ4n) is 2.22. The van der Waals surface area contributed by atoms with Gasteiger partial charge in [0.25, 0.3) is 0 Å². The molecule has 1 aromatic heterocycles. The normalized spacial score (nSPS) is 18.2. The van der Waals surface area contributed by atoms with Gasteiger partial charge in [-0.1, -0.05) is 11.6 Å². The van der Waals surface area contributed by atoms with Gasteiger partial charge in [0.1, 0.15) is 23.0 Å². The highest BCUT2D eigenvalue weighted by Gasteiger charge is 2.34. The van der Waals surface area contributed by atoms with Crippen molar-refractivity contribution in [3.05, 3.63) is 22.8 Å². The van der Waals surface area contributed by atoms with Crippen molar-refractivity contribution >= 4 is 23.4 Å². The maximum atomic E-state index is 11.9. The third kappa shape index (κ3) is 2.64. The van der Waals surface area contributed by atoms with E-state index in [0.717, 1.165) is 6.42 Å². The molecule has 2 heterocycles. The molecule has 0 saturated carbocycles. The van der Waals surface area contributed by atoms with Gasteiger partial charge in [-0.25, -0.2) is 9.78 Å². The predicted octanol–water partition coefficient (Wildman–Crippen LogP) is 2.14. The van der Waals surface area contributed by atoms with Crippen molar-refractivity contribution < 1.29 is 9.53 Å². The summed E-state index contributed by atoms with van der Waals surface area (Å²) in [5.74, 6) is 0.219. The van der Waals surface area contributed by atoms with Crippen LogP contribution in [0.5, 0.6) is 0 Å². The Labute approximate surface area is 116 Å². The van der Waals surface area contributed by atoms with E-state index in [0.29, 0.717) is 36.0 Å². The van der Waals surface area contributed by atoms with Crippen molar-refractivity contribution in [2.75, 3.05) is 18.1 Å². The number of carbonyl (C=O) groups is 1. The van der Waals surface area contributed by atoms with Crippen molar-refractivity contribution in [2.45, 2.75) is 25.8 Å². The van der Waals surface area contributed by atoms with E-state index in [9.17, 15) is 4.79 Å². The van der Waals surface area contributed by atoms with E-state index in [1.54, 1.807) is 13.0 Å². The Morgan fingerprint density at radius 1 is 1.74 bits per heavy atom. The van der Waals surface area contributed by atoms with Crippen LogP contribution in [0.1, 0.15) is 25.3 Å². The SMILES string of the molecule is CCOC(=O)C1CCCN1c1nccc(C#N)c1Cl. The van der Waals surface area contributed by atoms with E-state index in [-0.39, 0.29) is 12.0 Å². The Bertz CT molecular complexity index is 527. The summed E-state index contributed by atoms with van der Waals surface area (Å²) < 4.78 is 5.06. The van der Waals surface area contributed by atoms with Crippen LogP contribution in [0.3, 0.4) is 0 Å². The molecule has 1 fully saturated rings. The summed E-state index contributed by atoms with van der Waals surface area (Å²) in [5.41, 5.74) is 0.362. The summed E-state index contributed by atoms with van der Waals surface area (Å²) in [6, 6.07) is 3.21. The molecule has 0 aliphatic carbocycles. The Balaban J connectivity index is 2.31. The quantitative estimate of drug-likeness (QED) is 0.793. The number of aromatic nitrogens is 1. The van der Waals surface area contributed by atoms with E-state index in [1.807, 2.05) is 11.0 Å². The van der Waals surface area contributed by atoms with Crippen molar-refractivity contribution in [1.29, 1.82) is 5.26 Å². The first-order valence-electron chi connectivity index (χ1n) is 6.17. The second kappa shape index (κ2) is 5.89. The monoisotopic (exact) mass is 279 g/mol. The topological polar surface area (TPSA) is 66.2 Å². The van der Waals surface area contributed by atoms with Gasteiger partial charge in [0.05, 0.1) is 12.2 Å². The van der Waals surface area contributed by atoms with E-state index >= 15 is 0 Å². The predicted molar refractivity (Wildman–Crippen MR) is 71.0 cm³/mol. The zero-order valence-corrected chi connectivity index (χ0v) is 11.4. The average molecular weight is 280 g/mol. The molecule has 100 valence electrons. The van der Waals surface area contributed by atoms with Gasteiger partial charge in [0.15, 0.2) is 0 Å². The molecule has 6 heteroatoms. The molecular weight excluding hydrogens is 266 g/mol. The van der Waals surface area contributed by atoms with Crippen molar-refractivity contribution in [3.8, 4) is 6.07 Å². The van der Waals surface area contributed by atoms with Crippen LogP contribution in [0.25, 0.3) is 0 Å². The largest absolute Gasteiger partial charge is 0.464 e. The van der Waals surface area contributed by atoms with Crippen molar-refractivity contribution in [1.82, 2.24) is 4.98 Å². The zero-order chi connectivity index (χ0) is 13.8. The van der Waals surface area contributed by atoms with Gasteiger partial charge in [-0.3, -0.25) is 0 Å². The Morgan fingerprint density at radius 3 is 3.21 bits per heavy atom. The summed E-state index contributed by atoms with van der Waals surface area (Å²) in [4.78, 5) is 17.9. The van der Waals surface area contributed by atoms with Crippen LogP contribution in [0.4, 0.5) is 5.82 Å². The van der Waals surface area contributed by atoms with Gasteiger partial charge >= 0.3 is 5.97 Å². The Hall–Kier alpha value is -1.80. The van der Waals surface area contributed by atoms with Gasteiger partial charge in [-0.15, -0.1) is 0 Å². The van der Waals surface area contributed by atoms with Crippen molar-refractivity contribution in [3.63, 3.8) is 0 Å². The molecule has 1 aliphatic heterocycles. The van der Waals surface area contributed by atoms with Crippen molar-refractivity contribution in [2.24, 2.45) is 0 Å². The van der Waals surface area contributed by atoms with Crippen LogP contribution >= 0.6 is 11.6 Å². The number of nitriles is 1. The maximum absolute atomic E-state index is 11.9. The third-order valence-corrected chi connectivity index (χ3v) is 3.45. The minimum Gasteiger partial charge on any atom is -0.464 e. The second-order valence-corrected chi connectivity index (χ2v) is 4.59. The highest BCUT2D eigenvalue weighted by atomic mass is 35.5. The maximum Gasteiger partial charge on any atom is 0.328 e. The van der Waals surface area contributed by atoms with E-state index in [2.05, 4.69) is 4.98 Å². The van der Waals surface area contributed by atoms with Crippen LogP contribution in [-0.2, 0) is 9.53 Å². The molecule has 0 N–H and O–H groups in total. The van der Waals surface area contributed by atoms with E-state index in [4.69, 9.17) is 21.6 Å². The summed E-state index contributed by atoms with van der Waals surface area (Å²) >= 11 is 6.16. The second-order valence-electron chi connectivity index (χ2n) is 4.21. The van der Waals surface area contributed by atoms with Crippen LogP contribution in [-0.4, -0.2) is 30.1 Å². The molecular formula is C13H14ClN3O2. The number of ether oxygens (including phenoxy) is 1. The lowest BCUT2D eigenvalue weighted by molar-refractivity contribution is -0.144. The average Bonchev–Trinajstić information content (AvgIpc) is 2.88. The smallest absolute Gasteiger partial charge is 0.328 e.